The van der Waals surface area contributed by atoms with Crippen molar-refractivity contribution >= 4 is 60.3 Å². The Kier molecular flexibility index (Phi) is 7.80. The van der Waals surface area contributed by atoms with Crippen LogP contribution in [-0.4, -0.2) is 98.4 Å². The van der Waals surface area contributed by atoms with E-state index in [0.717, 1.165) is 4.57 Å². The lowest BCUT2D eigenvalue weighted by Crippen LogP contribution is -2.37. The molecule has 3 aliphatic heterocycles. The normalized spacial score (nSPS) is 37.7. The van der Waals surface area contributed by atoms with E-state index < -0.39 is 86.9 Å². The maximum absolute atomic E-state index is 13.4. The fraction of sp³-hybridized carbons (Fsp3) is 0.476. The number of nitrogens with two attached hydrogens (primary N) is 1. The van der Waals surface area contributed by atoms with Gasteiger partial charge in [-0.15, -0.1) is 0 Å². The lowest BCUT2D eigenvalue weighted by molar-refractivity contribution is -0.0612. The van der Waals surface area contributed by atoms with Gasteiger partial charge in [0.25, 0.3) is 11.1 Å². The van der Waals surface area contributed by atoms with E-state index in [2.05, 4.69) is 32.2 Å². The maximum atomic E-state index is 13.4. The van der Waals surface area contributed by atoms with Gasteiger partial charge in [-0.25, -0.2) is 14.5 Å². The zero-order chi connectivity index (χ0) is 31.8. The van der Waals surface area contributed by atoms with Crippen molar-refractivity contribution in [3.8, 4) is 0 Å². The molecule has 0 aliphatic carbocycles. The summed E-state index contributed by atoms with van der Waals surface area (Å²) in [6.45, 7) is -9.80. The molecule has 45 heavy (non-hydrogen) atoms. The Morgan fingerprint density at radius 2 is 1.73 bits per heavy atom. The number of fused-ring (bicyclic) bond motifs is 5. The van der Waals surface area contributed by atoms with Crippen molar-refractivity contribution in [3.63, 3.8) is 0 Å². The van der Waals surface area contributed by atoms with Gasteiger partial charge >= 0.3 is 13.5 Å². The zero-order valence-corrected chi connectivity index (χ0v) is 25.9. The van der Waals surface area contributed by atoms with E-state index in [9.17, 15) is 29.3 Å². The van der Waals surface area contributed by atoms with E-state index in [1.54, 1.807) is 6.20 Å². The molecule has 7 rings (SSSR count). The van der Waals surface area contributed by atoms with Crippen LogP contribution in [0, 0.1) is 0 Å². The topological polar surface area (TPSA) is 262 Å². The molecule has 20 nitrogen and oxygen atoms in total. The zero-order valence-electron chi connectivity index (χ0n) is 22.4. The molecule has 2 unspecified atom stereocenters. The summed E-state index contributed by atoms with van der Waals surface area (Å²) in [5, 5.41) is 22.3. The number of nitrogens with zero attached hydrogens (tertiary/aromatic N) is 6. The Labute approximate surface area is 260 Å². The number of aromatic amines is 1. The van der Waals surface area contributed by atoms with Crippen LogP contribution in [0.25, 0.3) is 16.8 Å². The van der Waals surface area contributed by atoms with Gasteiger partial charge in [-0.1, -0.05) is 12.2 Å². The van der Waals surface area contributed by atoms with Crippen molar-refractivity contribution in [1.29, 1.82) is 0 Å². The highest BCUT2D eigenvalue weighted by Gasteiger charge is 2.53. The molecule has 2 bridgehead atoms. The van der Waals surface area contributed by atoms with E-state index >= 15 is 0 Å². The van der Waals surface area contributed by atoms with Gasteiger partial charge in [0.15, 0.2) is 23.6 Å². The van der Waals surface area contributed by atoms with Gasteiger partial charge in [0.2, 0.25) is 11.6 Å². The summed E-state index contributed by atoms with van der Waals surface area (Å²) in [6, 6.07) is 0. The van der Waals surface area contributed by atoms with Crippen LogP contribution >= 0.6 is 25.8 Å². The van der Waals surface area contributed by atoms with Gasteiger partial charge in [-0.3, -0.25) is 37.3 Å². The average Bonchev–Trinajstić information content (AvgIpc) is 3.74. The van der Waals surface area contributed by atoms with Crippen molar-refractivity contribution in [2.45, 2.75) is 49.1 Å². The lowest BCUT2D eigenvalue weighted by atomic mass is 10.1. The summed E-state index contributed by atoms with van der Waals surface area (Å²) in [7, 11) is 0. The number of aromatic nitrogens is 7. The molecule has 6 N–H and O–H groups in total. The number of aliphatic hydroxyl groups is 2. The van der Waals surface area contributed by atoms with Gasteiger partial charge < -0.3 is 39.2 Å². The predicted molar refractivity (Wildman–Crippen MR) is 157 cm³/mol. The van der Waals surface area contributed by atoms with Crippen molar-refractivity contribution in [2.75, 3.05) is 18.9 Å². The molecule has 3 fully saturated rings. The number of rotatable bonds is 2. The van der Waals surface area contributed by atoms with Crippen molar-refractivity contribution in [3.05, 3.63) is 51.8 Å². The molecule has 24 heteroatoms. The van der Waals surface area contributed by atoms with Crippen LogP contribution < -0.4 is 16.9 Å². The molecule has 242 valence electrons. The first-order chi connectivity index (χ1) is 21.3. The largest absolute Gasteiger partial charge is 0.387 e. The Morgan fingerprint density at radius 3 is 2.53 bits per heavy atom. The second-order valence-electron chi connectivity index (χ2n) is 10.2. The number of hydrogen-bond acceptors (Lipinski definition) is 16. The summed E-state index contributed by atoms with van der Waals surface area (Å²) in [5.41, 5.74) is 4.34. The Morgan fingerprint density at radius 1 is 0.978 bits per heavy atom. The van der Waals surface area contributed by atoms with E-state index in [1.807, 2.05) is 0 Å². The highest BCUT2D eigenvalue weighted by Crippen LogP contribution is 2.58. The van der Waals surface area contributed by atoms with Crippen LogP contribution in [0.15, 0.2) is 40.7 Å². The third-order valence-corrected chi connectivity index (χ3v) is 10.6. The minimum atomic E-state index is -4.35. The number of hydrogen-bond donors (Lipinski definition) is 6. The third kappa shape index (κ3) is 5.58. The van der Waals surface area contributed by atoms with Crippen molar-refractivity contribution < 1.29 is 47.2 Å². The number of H-pyrrole nitrogens is 1. The number of thiol groups is 1. The van der Waals surface area contributed by atoms with Gasteiger partial charge in [-0.05, 0) is 11.8 Å². The highest BCUT2D eigenvalue weighted by atomic mass is 32.7. The number of anilines is 1. The Hall–Kier alpha value is -2.56. The van der Waals surface area contributed by atoms with Gasteiger partial charge in [-0.2, -0.15) is 4.98 Å². The first-order valence-corrected chi connectivity index (χ1v) is 18.4. The van der Waals surface area contributed by atoms with Gasteiger partial charge in [0.1, 0.15) is 36.6 Å². The van der Waals surface area contributed by atoms with Crippen LogP contribution in [0.3, 0.4) is 0 Å². The third-order valence-electron chi connectivity index (χ3n) is 7.42. The Balaban J connectivity index is 1.21. The average molecular weight is 707 g/mol. The summed E-state index contributed by atoms with van der Waals surface area (Å²) in [6.07, 6.45) is -4.38. The maximum Gasteiger partial charge on any atom is 0.386 e. The molecule has 7 heterocycles. The second kappa shape index (κ2) is 11.3. The molecule has 0 aromatic carbocycles. The van der Waals surface area contributed by atoms with Gasteiger partial charge in [0, 0.05) is 24.8 Å². The summed E-state index contributed by atoms with van der Waals surface area (Å²) >= 11 is 9.25. The fourth-order valence-corrected chi connectivity index (χ4v) is 8.27. The molecule has 0 saturated carbocycles. The Bertz CT molecular complexity index is 2000. The smallest absolute Gasteiger partial charge is 0.386 e. The van der Waals surface area contributed by atoms with Crippen LogP contribution in [0.2, 0.25) is 0 Å². The molecule has 0 amide bonds. The van der Waals surface area contributed by atoms with E-state index in [4.69, 9.17) is 45.1 Å². The molecule has 3 aliphatic rings. The molecular formula is C21H24N8O12P2S2. The molecule has 4 aromatic heterocycles. The van der Waals surface area contributed by atoms with E-state index in [1.165, 1.54) is 33.9 Å². The minimum absolute atomic E-state index is 0.0338. The SMILES string of the molecule is Nc1nc2c(ncn2[C@@H]2O[C@@H]3COP(O)(=S)O[C@@H]4[C@H](O)[C@@H](COP(=O)(S)O[C@H]3[C@H]2O)O[C@H]4n2ccn3ccnc3c2=O)c(=O)[nH]1. The molecule has 0 spiro atoms. The van der Waals surface area contributed by atoms with Crippen molar-refractivity contribution in [1.82, 2.24) is 33.5 Å². The van der Waals surface area contributed by atoms with E-state index in [0.29, 0.717) is 0 Å². The van der Waals surface area contributed by atoms with Crippen LogP contribution in [0.5, 0.6) is 0 Å². The summed E-state index contributed by atoms with van der Waals surface area (Å²) < 4.78 is 51.3. The highest BCUT2D eigenvalue weighted by molar-refractivity contribution is 8.44. The van der Waals surface area contributed by atoms with Crippen molar-refractivity contribution in [2.24, 2.45) is 0 Å². The molecule has 10 atom stereocenters. The van der Waals surface area contributed by atoms with Crippen LogP contribution in [-0.2, 0) is 43.9 Å². The summed E-state index contributed by atoms with van der Waals surface area (Å²) in [5.74, 6) is -0.223. The number of aliphatic hydroxyl groups excluding tert-OH is 2. The standard InChI is InChI=1S/C21H24N8O12P2S2/c22-21-25-15-10(17(32)26-21)24-7-29(15)19-12(31)13-9(39-19)6-37-43(35,45)41-14-11(30)8(5-36-42(34,44)40-13)38-20(14)28-4-3-27-2-1-23-16(27)18(28)33/h1-4,7-9,11-14,19-20,30-31H,5-6H2,(H,34,44)(H,35,45)(H3,22,25,26,32)/t8-,9-,11-,12-,13-,14-,19-,20-,42?,43?/m1/s1. The molecule has 0 radical (unpaired) electrons. The number of imidazole rings is 2. The monoisotopic (exact) mass is 706 g/mol. The molecule has 4 aromatic rings. The number of ether oxygens (including phenoxy) is 2. The predicted octanol–water partition coefficient (Wildman–Crippen LogP) is -1.20. The number of nitrogens with one attached hydrogen (secondary N) is 1. The number of nitrogen functional groups attached to an aromatic ring is 1. The first-order valence-electron chi connectivity index (χ1n) is 13.1. The molecule has 3 saturated heterocycles. The van der Waals surface area contributed by atoms with E-state index in [-0.39, 0.29) is 22.8 Å². The minimum Gasteiger partial charge on any atom is -0.387 e. The van der Waals surface area contributed by atoms with Crippen LogP contribution in [0.1, 0.15) is 12.5 Å². The second-order valence-corrected chi connectivity index (χ2v) is 15.9. The molecular weight excluding hydrogens is 682 g/mol. The first kappa shape index (κ1) is 31.1. The quantitative estimate of drug-likeness (QED) is 0.106. The van der Waals surface area contributed by atoms with Crippen LogP contribution in [0.4, 0.5) is 5.95 Å². The summed E-state index contributed by atoms with van der Waals surface area (Å²) in [4.78, 5) is 50.9. The lowest BCUT2D eigenvalue weighted by Gasteiger charge is -2.27. The van der Waals surface area contributed by atoms with Gasteiger partial charge in [0.05, 0.1) is 19.5 Å². The fourth-order valence-electron chi connectivity index (χ4n) is 5.37.